The van der Waals surface area contributed by atoms with Gasteiger partial charge in [0, 0.05) is 44.5 Å². The van der Waals surface area contributed by atoms with Gasteiger partial charge in [-0.2, -0.15) is 0 Å². The Labute approximate surface area is 178 Å². The first-order chi connectivity index (χ1) is 14.6. The number of benzene rings is 1. The van der Waals surface area contributed by atoms with Crippen LogP contribution in [-0.4, -0.2) is 67.4 Å². The molecule has 0 unspecified atom stereocenters. The second-order valence-corrected chi connectivity index (χ2v) is 8.08. The maximum Gasteiger partial charge on any atom is 0.255 e. The number of nitrogens with one attached hydrogen (secondary N) is 1. The minimum Gasteiger partial charge on any atom is -0.378 e. The molecule has 2 fully saturated rings. The molecular formula is C23H30N4O3. The standard InChI is InChI=1S/C23H30N4O3/c1-17-14-26(15-18(2)30-17)16-19-5-7-20(8-6-19)23(28)25-21-4-3-9-24-22(21)27-10-12-29-13-11-27/h3-9,17-18H,10-16H2,1-2H3,(H,25,28)/t17-,18+. The van der Waals surface area contributed by atoms with E-state index in [1.807, 2.05) is 36.4 Å². The summed E-state index contributed by atoms with van der Waals surface area (Å²) in [5.74, 6) is 0.666. The van der Waals surface area contributed by atoms with E-state index in [0.29, 0.717) is 18.8 Å². The number of rotatable bonds is 5. The molecule has 0 spiro atoms. The number of carbonyl (C=O) groups excluding carboxylic acids is 1. The van der Waals surface area contributed by atoms with Gasteiger partial charge in [0.2, 0.25) is 0 Å². The number of ether oxygens (including phenoxy) is 2. The first kappa shape index (κ1) is 20.8. The third kappa shape index (κ3) is 5.16. The second kappa shape index (κ2) is 9.55. The van der Waals surface area contributed by atoms with Gasteiger partial charge in [0.1, 0.15) is 0 Å². The zero-order valence-corrected chi connectivity index (χ0v) is 17.7. The predicted molar refractivity (Wildman–Crippen MR) is 117 cm³/mol. The van der Waals surface area contributed by atoms with Crippen molar-refractivity contribution in [3.05, 3.63) is 53.7 Å². The van der Waals surface area contributed by atoms with Gasteiger partial charge < -0.3 is 19.7 Å². The summed E-state index contributed by atoms with van der Waals surface area (Å²) >= 11 is 0. The number of pyridine rings is 1. The van der Waals surface area contributed by atoms with Crippen LogP contribution in [0.25, 0.3) is 0 Å². The lowest BCUT2D eigenvalue weighted by Gasteiger charge is -2.35. The molecule has 160 valence electrons. The van der Waals surface area contributed by atoms with Crippen molar-refractivity contribution in [2.24, 2.45) is 0 Å². The van der Waals surface area contributed by atoms with Crippen molar-refractivity contribution >= 4 is 17.4 Å². The molecular weight excluding hydrogens is 380 g/mol. The molecule has 1 aromatic heterocycles. The number of hydrogen-bond acceptors (Lipinski definition) is 6. The molecule has 1 aromatic carbocycles. The van der Waals surface area contributed by atoms with E-state index in [0.717, 1.165) is 44.2 Å². The maximum absolute atomic E-state index is 12.8. The van der Waals surface area contributed by atoms with Crippen molar-refractivity contribution < 1.29 is 14.3 Å². The van der Waals surface area contributed by atoms with Crippen LogP contribution in [-0.2, 0) is 16.0 Å². The van der Waals surface area contributed by atoms with Crippen LogP contribution in [0.5, 0.6) is 0 Å². The highest BCUT2D eigenvalue weighted by Gasteiger charge is 2.22. The second-order valence-electron chi connectivity index (χ2n) is 8.08. The number of aromatic nitrogens is 1. The summed E-state index contributed by atoms with van der Waals surface area (Å²) in [6.07, 6.45) is 2.25. The molecule has 1 amide bonds. The quantitative estimate of drug-likeness (QED) is 0.818. The van der Waals surface area contributed by atoms with Crippen LogP contribution >= 0.6 is 0 Å². The molecule has 2 atom stereocenters. The lowest BCUT2D eigenvalue weighted by Crippen LogP contribution is -2.44. The molecule has 2 aliphatic rings. The lowest BCUT2D eigenvalue weighted by atomic mass is 10.1. The van der Waals surface area contributed by atoms with Crippen LogP contribution in [0.15, 0.2) is 42.6 Å². The molecule has 0 radical (unpaired) electrons. The monoisotopic (exact) mass is 410 g/mol. The number of hydrogen-bond donors (Lipinski definition) is 1. The highest BCUT2D eigenvalue weighted by Crippen LogP contribution is 2.24. The van der Waals surface area contributed by atoms with Gasteiger partial charge in [-0.1, -0.05) is 12.1 Å². The highest BCUT2D eigenvalue weighted by molar-refractivity contribution is 6.05. The Kier molecular flexibility index (Phi) is 6.62. The summed E-state index contributed by atoms with van der Waals surface area (Å²) < 4.78 is 11.2. The molecule has 0 saturated carbocycles. The van der Waals surface area contributed by atoms with Gasteiger partial charge in [0.25, 0.3) is 5.91 Å². The lowest BCUT2D eigenvalue weighted by molar-refractivity contribution is -0.0704. The Morgan fingerprint density at radius 3 is 2.50 bits per heavy atom. The first-order valence-electron chi connectivity index (χ1n) is 10.6. The first-order valence-corrected chi connectivity index (χ1v) is 10.6. The Hall–Kier alpha value is -2.48. The van der Waals surface area contributed by atoms with E-state index < -0.39 is 0 Å². The van der Waals surface area contributed by atoms with E-state index in [4.69, 9.17) is 9.47 Å². The zero-order valence-electron chi connectivity index (χ0n) is 17.7. The Bertz CT molecular complexity index is 842. The molecule has 1 N–H and O–H groups in total. The molecule has 3 heterocycles. The summed E-state index contributed by atoms with van der Waals surface area (Å²) in [6.45, 7) is 9.83. The van der Waals surface area contributed by atoms with Gasteiger partial charge in [-0.25, -0.2) is 4.98 Å². The van der Waals surface area contributed by atoms with Crippen molar-refractivity contribution in [2.45, 2.75) is 32.6 Å². The highest BCUT2D eigenvalue weighted by atomic mass is 16.5. The fourth-order valence-electron chi connectivity index (χ4n) is 4.15. The molecule has 0 bridgehead atoms. The minimum absolute atomic E-state index is 0.127. The number of amides is 1. The number of anilines is 2. The maximum atomic E-state index is 12.8. The van der Waals surface area contributed by atoms with E-state index in [2.05, 4.69) is 33.9 Å². The average molecular weight is 411 g/mol. The van der Waals surface area contributed by atoms with Gasteiger partial charge >= 0.3 is 0 Å². The van der Waals surface area contributed by atoms with Crippen LogP contribution in [0.1, 0.15) is 29.8 Å². The van der Waals surface area contributed by atoms with E-state index in [1.54, 1.807) is 6.20 Å². The zero-order chi connectivity index (χ0) is 20.9. The van der Waals surface area contributed by atoms with Crippen LogP contribution in [0.3, 0.4) is 0 Å². The third-order valence-corrected chi connectivity index (χ3v) is 5.46. The molecule has 4 rings (SSSR count). The molecule has 2 aromatic rings. The van der Waals surface area contributed by atoms with E-state index in [-0.39, 0.29) is 18.1 Å². The molecule has 2 aliphatic heterocycles. The van der Waals surface area contributed by atoms with Crippen molar-refractivity contribution in [3.8, 4) is 0 Å². The molecule has 30 heavy (non-hydrogen) atoms. The summed E-state index contributed by atoms with van der Waals surface area (Å²) in [4.78, 5) is 21.9. The van der Waals surface area contributed by atoms with Crippen LogP contribution in [0, 0.1) is 0 Å². The van der Waals surface area contributed by atoms with Gasteiger partial charge in [-0.15, -0.1) is 0 Å². The van der Waals surface area contributed by atoms with E-state index in [9.17, 15) is 4.79 Å². The SMILES string of the molecule is C[C@@H]1CN(Cc2ccc(C(=O)Nc3cccnc3N3CCOCC3)cc2)C[C@H](C)O1. The predicted octanol–water partition coefficient (Wildman–Crippen LogP) is 2.78. The Morgan fingerprint density at radius 1 is 1.10 bits per heavy atom. The van der Waals surface area contributed by atoms with Crippen molar-refractivity contribution in [2.75, 3.05) is 49.6 Å². The molecule has 2 saturated heterocycles. The van der Waals surface area contributed by atoms with Gasteiger partial charge in [0.15, 0.2) is 5.82 Å². The summed E-state index contributed by atoms with van der Waals surface area (Å²) in [5, 5.41) is 3.03. The van der Waals surface area contributed by atoms with Crippen molar-refractivity contribution in [1.29, 1.82) is 0 Å². The number of nitrogens with zero attached hydrogens (tertiary/aromatic N) is 3. The summed E-state index contributed by atoms with van der Waals surface area (Å²) in [5.41, 5.74) is 2.56. The van der Waals surface area contributed by atoms with Crippen molar-refractivity contribution in [1.82, 2.24) is 9.88 Å². The average Bonchev–Trinajstić information content (AvgIpc) is 2.74. The Balaban J connectivity index is 1.40. The van der Waals surface area contributed by atoms with Crippen molar-refractivity contribution in [3.63, 3.8) is 0 Å². The third-order valence-electron chi connectivity index (χ3n) is 5.46. The Morgan fingerprint density at radius 2 is 1.80 bits per heavy atom. The fourth-order valence-corrected chi connectivity index (χ4v) is 4.15. The largest absolute Gasteiger partial charge is 0.378 e. The topological polar surface area (TPSA) is 66.9 Å². The number of carbonyl (C=O) groups is 1. The van der Waals surface area contributed by atoms with E-state index in [1.165, 1.54) is 5.56 Å². The van der Waals surface area contributed by atoms with Gasteiger partial charge in [-0.3, -0.25) is 9.69 Å². The van der Waals surface area contributed by atoms with Crippen LogP contribution in [0.4, 0.5) is 11.5 Å². The molecule has 7 heteroatoms. The van der Waals surface area contributed by atoms with Gasteiger partial charge in [-0.05, 0) is 43.7 Å². The minimum atomic E-state index is -0.127. The summed E-state index contributed by atoms with van der Waals surface area (Å²) in [7, 11) is 0. The summed E-state index contributed by atoms with van der Waals surface area (Å²) in [6, 6.07) is 11.6. The van der Waals surface area contributed by atoms with Crippen LogP contribution < -0.4 is 10.2 Å². The number of morpholine rings is 2. The van der Waals surface area contributed by atoms with E-state index >= 15 is 0 Å². The van der Waals surface area contributed by atoms with Crippen LogP contribution in [0.2, 0.25) is 0 Å². The fraction of sp³-hybridized carbons (Fsp3) is 0.478. The smallest absolute Gasteiger partial charge is 0.255 e. The molecule has 0 aliphatic carbocycles. The van der Waals surface area contributed by atoms with Gasteiger partial charge in [0.05, 0.1) is 31.1 Å². The molecule has 7 nitrogen and oxygen atoms in total. The normalized spacial score (nSPS) is 22.7.